The van der Waals surface area contributed by atoms with Crippen LogP contribution in [0.1, 0.15) is 15.4 Å². The van der Waals surface area contributed by atoms with Gasteiger partial charge in [0, 0.05) is 9.35 Å². The second-order valence-electron chi connectivity index (χ2n) is 3.37. The molecule has 0 radical (unpaired) electrons. The number of carbonyl (C=O) groups is 1. The zero-order chi connectivity index (χ0) is 13.3. The molecule has 2 heterocycles. The van der Waals surface area contributed by atoms with E-state index in [1.807, 2.05) is 0 Å². The molecule has 2 aromatic heterocycles. The first-order chi connectivity index (χ1) is 8.40. The minimum atomic E-state index is -3.67. The summed E-state index contributed by atoms with van der Waals surface area (Å²) in [6.45, 7) is 0. The molecule has 5 nitrogen and oxygen atoms in total. The molecular weight excluding hydrogens is 344 g/mol. The summed E-state index contributed by atoms with van der Waals surface area (Å²) < 4.78 is 29.5. The molecular formula is C10H7BrO5S2. The summed E-state index contributed by atoms with van der Waals surface area (Å²) in [5, 5.41) is 10.1. The van der Waals surface area contributed by atoms with E-state index in [1.165, 1.54) is 11.3 Å². The van der Waals surface area contributed by atoms with E-state index in [9.17, 15) is 13.2 Å². The van der Waals surface area contributed by atoms with Gasteiger partial charge >= 0.3 is 5.97 Å². The van der Waals surface area contributed by atoms with E-state index in [4.69, 9.17) is 9.52 Å². The van der Waals surface area contributed by atoms with Crippen molar-refractivity contribution in [2.24, 2.45) is 0 Å². The minimum Gasteiger partial charge on any atom is -0.475 e. The number of carboxylic acid groups (broad SMARTS) is 1. The Morgan fingerprint density at radius 3 is 2.61 bits per heavy atom. The molecule has 18 heavy (non-hydrogen) atoms. The van der Waals surface area contributed by atoms with Crippen molar-refractivity contribution in [1.82, 2.24) is 0 Å². The third kappa shape index (κ3) is 2.65. The van der Waals surface area contributed by atoms with Gasteiger partial charge in [0.15, 0.2) is 0 Å². The zero-order valence-electron chi connectivity index (χ0n) is 8.79. The van der Waals surface area contributed by atoms with E-state index in [2.05, 4.69) is 15.9 Å². The van der Waals surface area contributed by atoms with E-state index in [-0.39, 0.29) is 16.6 Å². The van der Waals surface area contributed by atoms with Gasteiger partial charge in [-0.3, -0.25) is 0 Å². The predicted molar refractivity (Wildman–Crippen MR) is 68.6 cm³/mol. The average Bonchev–Trinajstić information content (AvgIpc) is 2.88. The summed E-state index contributed by atoms with van der Waals surface area (Å²) in [5.74, 6) is -1.91. The van der Waals surface area contributed by atoms with Gasteiger partial charge in [0.05, 0.1) is 5.75 Å². The number of hydrogen-bond acceptors (Lipinski definition) is 5. The second kappa shape index (κ2) is 4.87. The number of aromatic carboxylic acids is 1. The van der Waals surface area contributed by atoms with E-state index in [0.717, 1.165) is 12.1 Å². The topological polar surface area (TPSA) is 84.6 Å². The van der Waals surface area contributed by atoms with Crippen molar-refractivity contribution in [2.45, 2.75) is 10.8 Å². The van der Waals surface area contributed by atoms with Gasteiger partial charge < -0.3 is 9.52 Å². The number of halogens is 1. The molecule has 0 aliphatic rings. The Bertz CT molecular complexity index is 683. The molecule has 2 rings (SSSR count). The molecule has 0 saturated carbocycles. The Morgan fingerprint density at radius 1 is 1.39 bits per heavy atom. The van der Waals surface area contributed by atoms with Crippen molar-refractivity contribution in [3.8, 4) is 0 Å². The van der Waals surface area contributed by atoms with Gasteiger partial charge in [-0.1, -0.05) is 0 Å². The molecule has 0 unspecified atom stereocenters. The molecule has 0 atom stereocenters. The van der Waals surface area contributed by atoms with Gasteiger partial charge in [0.2, 0.25) is 20.7 Å². The molecule has 1 N–H and O–H groups in total. The van der Waals surface area contributed by atoms with Gasteiger partial charge in [-0.15, -0.1) is 11.3 Å². The number of hydrogen-bond donors (Lipinski definition) is 1. The highest BCUT2D eigenvalue weighted by Crippen LogP contribution is 2.27. The number of sulfone groups is 1. The summed E-state index contributed by atoms with van der Waals surface area (Å²) in [5.41, 5.74) is 0. The van der Waals surface area contributed by atoms with Gasteiger partial charge in [-0.2, -0.15) is 0 Å². The van der Waals surface area contributed by atoms with Crippen molar-refractivity contribution < 1.29 is 22.7 Å². The highest BCUT2D eigenvalue weighted by molar-refractivity contribution is 9.10. The highest BCUT2D eigenvalue weighted by atomic mass is 79.9. The van der Waals surface area contributed by atoms with E-state index >= 15 is 0 Å². The normalized spacial score (nSPS) is 11.6. The van der Waals surface area contributed by atoms with Crippen LogP contribution >= 0.6 is 27.3 Å². The van der Waals surface area contributed by atoms with Crippen molar-refractivity contribution in [1.29, 1.82) is 0 Å². The molecule has 0 aromatic carbocycles. The maximum atomic E-state index is 12.0. The average molecular weight is 351 g/mol. The molecule has 96 valence electrons. The van der Waals surface area contributed by atoms with E-state index in [0.29, 0.717) is 9.35 Å². The van der Waals surface area contributed by atoms with Crippen LogP contribution in [0.3, 0.4) is 0 Å². The first-order valence-electron chi connectivity index (χ1n) is 4.68. The second-order valence-corrected chi connectivity index (χ2v) is 7.15. The van der Waals surface area contributed by atoms with Crippen molar-refractivity contribution in [3.63, 3.8) is 0 Å². The van der Waals surface area contributed by atoms with Crippen LogP contribution < -0.4 is 0 Å². The maximum Gasteiger partial charge on any atom is 0.371 e. The molecule has 0 saturated heterocycles. The third-order valence-corrected chi connectivity index (χ3v) is 5.72. The lowest BCUT2D eigenvalue weighted by Crippen LogP contribution is -2.03. The van der Waals surface area contributed by atoms with Crippen LogP contribution in [0.5, 0.6) is 0 Å². The first kappa shape index (κ1) is 13.3. The Labute approximate surface area is 115 Å². The lowest BCUT2D eigenvalue weighted by atomic mass is 10.5. The Kier molecular flexibility index (Phi) is 3.60. The molecule has 0 fully saturated rings. The molecule has 0 bridgehead atoms. The SMILES string of the molecule is O=C(O)c1ccc(S(=O)(=O)Cc2sccc2Br)o1. The molecule has 0 aliphatic heterocycles. The smallest absolute Gasteiger partial charge is 0.371 e. The monoisotopic (exact) mass is 350 g/mol. The minimum absolute atomic E-state index is 0.224. The van der Waals surface area contributed by atoms with Gasteiger partial charge in [0.25, 0.3) is 0 Å². The van der Waals surface area contributed by atoms with Gasteiger partial charge in [-0.05, 0) is 39.5 Å². The first-order valence-corrected chi connectivity index (χ1v) is 8.00. The summed E-state index contributed by atoms with van der Waals surface area (Å²) in [6, 6.07) is 4.03. The van der Waals surface area contributed by atoms with Crippen LogP contribution in [-0.4, -0.2) is 19.5 Å². The van der Waals surface area contributed by atoms with Gasteiger partial charge in [-0.25, -0.2) is 13.2 Å². The van der Waals surface area contributed by atoms with Crippen LogP contribution in [0.4, 0.5) is 0 Å². The number of rotatable bonds is 4. The van der Waals surface area contributed by atoms with Crippen LogP contribution in [0.15, 0.2) is 37.6 Å². The molecule has 0 aliphatic carbocycles. The third-order valence-electron chi connectivity index (χ3n) is 2.11. The zero-order valence-corrected chi connectivity index (χ0v) is 12.0. The molecule has 8 heteroatoms. The molecule has 0 amide bonds. The molecule has 0 spiro atoms. The molecule has 2 aromatic rings. The lowest BCUT2D eigenvalue weighted by molar-refractivity contribution is 0.0656. The predicted octanol–water partition coefficient (Wildman–Crippen LogP) is 2.78. The fraction of sp³-hybridized carbons (Fsp3) is 0.100. The standard InChI is InChI=1S/C10H7BrO5S2/c11-6-3-4-17-8(6)5-18(14,15)9-2-1-7(16-9)10(12)13/h1-4H,5H2,(H,12,13). The lowest BCUT2D eigenvalue weighted by Gasteiger charge is -1.99. The van der Waals surface area contributed by atoms with Crippen LogP contribution in [0.2, 0.25) is 0 Å². The summed E-state index contributed by atoms with van der Waals surface area (Å²) in [7, 11) is -3.67. The fourth-order valence-electron chi connectivity index (χ4n) is 1.27. The van der Waals surface area contributed by atoms with Crippen molar-refractivity contribution >= 4 is 43.1 Å². The van der Waals surface area contributed by atoms with Crippen LogP contribution in [0.25, 0.3) is 0 Å². The van der Waals surface area contributed by atoms with E-state index < -0.39 is 15.8 Å². The fourth-order valence-corrected chi connectivity index (χ4v) is 4.61. The quantitative estimate of drug-likeness (QED) is 0.916. The highest BCUT2D eigenvalue weighted by Gasteiger charge is 2.23. The van der Waals surface area contributed by atoms with Crippen LogP contribution in [0, 0.1) is 0 Å². The number of furan rings is 1. The largest absolute Gasteiger partial charge is 0.475 e. The maximum absolute atomic E-state index is 12.0. The summed E-state index contributed by atoms with van der Waals surface area (Å²) in [4.78, 5) is 11.3. The Balaban J connectivity index is 2.31. The number of thiophene rings is 1. The number of carboxylic acids is 1. The summed E-state index contributed by atoms with van der Waals surface area (Å²) >= 11 is 4.54. The van der Waals surface area contributed by atoms with E-state index in [1.54, 1.807) is 11.4 Å². The van der Waals surface area contributed by atoms with Crippen molar-refractivity contribution in [3.05, 3.63) is 38.7 Å². The van der Waals surface area contributed by atoms with Crippen LogP contribution in [-0.2, 0) is 15.6 Å². The van der Waals surface area contributed by atoms with Crippen molar-refractivity contribution in [2.75, 3.05) is 0 Å². The Morgan fingerprint density at radius 2 is 2.11 bits per heavy atom. The Hall–Kier alpha value is -1.12. The van der Waals surface area contributed by atoms with Gasteiger partial charge in [0.1, 0.15) is 0 Å². The summed E-state index contributed by atoms with van der Waals surface area (Å²) in [6.07, 6.45) is 0.